The van der Waals surface area contributed by atoms with Crippen molar-refractivity contribution in [2.75, 3.05) is 19.6 Å². The van der Waals surface area contributed by atoms with Crippen LogP contribution in [0.3, 0.4) is 0 Å². The summed E-state index contributed by atoms with van der Waals surface area (Å²) < 4.78 is 0. The summed E-state index contributed by atoms with van der Waals surface area (Å²) >= 11 is 0. The largest absolute Gasteiger partial charge is 0.335 e. The fourth-order valence-corrected chi connectivity index (χ4v) is 3.35. The van der Waals surface area contributed by atoms with Gasteiger partial charge in [-0.2, -0.15) is 0 Å². The molecule has 6 heteroatoms. The lowest BCUT2D eigenvalue weighted by Gasteiger charge is -2.17. The van der Waals surface area contributed by atoms with Gasteiger partial charge in [-0.3, -0.25) is 15.0 Å². The van der Waals surface area contributed by atoms with Gasteiger partial charge >= 0.3 is 6.03 Å². The molecule has 0 spiro atoms. The number of hydrogen-bond donors (Lipinski definition) is 3. The quantitative estimate of drug-likeness (QED) is 0.651. The number of rotatable bonds is 3. The molecular formula is C13H22N4O2. The van der Waals surface area contributed by atoms with Gasteiger partial charge in [0.05, 0.1) is 6.54 Å². The molecule has 3 fully saturated rings. The zero-order valence-electron chi connectivity index (χ0n) is 11.1. The Bertz CT molecular complexity index is 383. The Morgan fingerprint density at radius 1 is 1.16 bits per heavy atom. The molecule has 3 rings (SSSR count). The molecule has 3 unspecified atom stereocenters. The maximum absolute atomic E-state index is 11.8. The molecule has 2 aliphatic carbocycles. The first-order valence-corrected chi connectivity index (χ1v) is 7.20. The summed E-state index contributed by atoms with van der Waals surface area (Å²) in [5.41, 5.74) is 6.06. The fourth-order valence-electron chi connectivity index (χ4n) is 3.35. The van der Waals surface area contributed by atoms with Crippen molar-refractivity contribution in [3.8, 4) is 0 Å². The predicted molar refractivity (Wildman–Crippen MR) is 70.3 cm³/mol. The Kier molecular flexibility index (Phi) is 3.45. The van der Waals surface area contributed by atoms with Crippen molar-refractivity contribution >= 4 is 11.9 Å². The second-order valence-corrected chi connectivity index (χ2v) is 6.16. The van der Waals surface area contributed by atoms with Crippen molar-refractivity contribution in [3.63, 3.8) is 0 Å². The Morgan fingerprint density at radius 3 is 2.63 bits per heavy atom. The molecule has 0 aromatic rings. The molecule has 2 saturated carbocycles. The van der Waals surface area contributed by atoms with E-state index in [2.05, 4.69) is 15.5 Å². The molecule has 3 amide bonds. The van der Waals surface area contributed by atoms with Crippen molar-refractivity contribution in [3.05, 3.63) is 0 Å². The van der Waals surface area contributed by atoms with E-state index in [1.165, 1.54) is 6.42 Å². The Hall–Kier alpha value is -1.14. The van der Waals surface area contributed by atoms with Crippen LogP contribution >= 0.6 is 0 Å². The van der Waals surface area contributed by atoms with Crippen LogP contribution in [0.15, 0.2) is 0 Å². The molecular weight excluding hydrogens is 244 g/mol. The summed E-state index contributed by atoms with van der Waals surface area (Å²) in [6.07, 6.45) is 4.33. The zero-order chi connectivity index (χ0) is 13.4. The highest BCUT2D eigenvalue weighted by molar-refractivity contribution is 5.95. The second kappa shape index (κ2) is 5.09. The Labute approximate surface area is 113 Å². The molecule has 0 bridgehead atoms. The molecule has 1 saturated heterocycles. The van der Waals surface area contributed by atoms with E-state index >= 15 is 0 Å². The van der Waals surface area contributed by atoms with Gasteiger partial charge in [0.2, 0.25) is 5.91 Å². The first-order valence-electron chi connectivity index (χ1n) is 7.20. The van der Waals surface area contributed by atoms with Crippen LogP contribution in [0.2, 0.25) is 0 Å². The fraction of sp³-hybridized carbons (Fsp3) is 0.846. The van der Waals surface area contributed by atoms with Gasteiger partial charge in [0.15, 0.2) is 0 Å². The van der Waals surface area contributed by atoms with Gasteiger partial charge in [-0.05, 0) is 37.5 Å². The predicted octanol–water partition coefficient (Wildman–Crippen LogP) is -0.356. The average molecular weight is 266 g/mol. The topological polar surface area (TPSA) is 87.5 Å². The van der Waals surface area contributed by atoms with Gasteiger partial charge in [-0.15, -0.1) is 0 Å². The molecule has 3 atom stereocenters. The summed E-state index contributed by atoms with van der Waals surface area (Å²) in [6.45, 7) is 2.14. The first-order chi connectivity index (χ1) is 9.11. The normalized spacial score (nSPS) is 34.1. The van der Waals surface area contributed by atoms with Gasteiger partial charge in [-0.1, -0.05) is 0 Å². The number of nitrogens with two attached hydrogens (primary N) is 1. The minimum absolute atomic E-state index is 0.216. The van der Waals surface area contributed by atoms with Crippen LogP contribution in [0, 0.1) is 11.8 Å². The van der Waals surface area contributed by atoms with Crippen molar-refractivity contribution < 1.29 is 9.59 Å². The van der Waals surface area contributed by atoms with Crippen LogP contribution < -0.4 is 16.4 Å². The van der Waals surface area contributed by atoms with E-state index in [0.29, 0.717) is 18.4 Å². The van der Waals surface area contributed by atoms with E-state index in [1.54, 1.807) is 0 Å². The number of carbonyl (C=O) groups excluding carboxylic acids is 2. The van der Waals surface area contributed by atoms with E-state index in [9.17, 15) is 9.59 Å². The number of hydrogen-bond acceptors (Lipinski definition) is 4. The number of fused-ring (bicyclic) bond motifs is 1. The van der Waals surface area contributed by atoms with E-state index in [4.69, 9.17) is 5.73 Å². The molecule has 0 aromatic carbocycles. The number of nitrogens with zero attached hydrogens (tertiary/aromatic N) is 1. The minimum Gasteiger partial charge on any atom is -0.335 e. The lowest BCUT2D eigenvalue weighted by molar-refractivity contribution is -0.121. The highest BCUT2D eigenvalue weighted by Gasteiger charge is 2.41. The lowest BCUT2D eigenvalue weighted by atomic mass is 9.98. The molecule has 0 aromatic heterocycles. The first kappa shape index (κ1) is 12.9. The summed E-state index contributed by atoms with van der Waals surface area (Å²) in [5, 5.41) is 5.14. The molecule has 1 aliphatic heterocycles. The molecule has 106 valence electrons. The van der Waals surface area contributed by atoms with E-state index in [1.807, 2.05) is 0 Å². The molecule has 6 nitrogen and oxygen atoms in total. The maximum Gasteiger partial charge on any atom is 0.321 e. The average Bonchev–Trinajstić information content (AvgIpc) is 2.94. The molecule has 1 heterocycles. The van der Waals surface area contributed by atoms with Crippen LogP contribution in [0.25, 0.3) is 0 Å². The van der Waals surface area contributed by atoms with Crippen LogP contribution in [-0.2, 0) is 4.79 Å². The van der Waals surface area contributed by atoms with Gasteiger partial charge in [0, 0.05) is 25.2 Å². The summed E-state index contributed by atoms with van der Waals surface area (Å²) in [7, 11) is 0. The van der Waals surface area contributed by atoms with Crippen molar-refractivity contribution in [1.82, 2.24) is 15.5 Å². The highest BCUT2D eigenvalue weighted by Crippen LogP contribution is 2.36. The molecule has 4 N–H and O–H groups in total. The van der Waals surface area contributed by atoms with Crippen LogP contribution in [-0.4, -0.2) is 48.6 Å². The number of amides is 3. The highest BCUT2D eigenvalue weighted by atomic mass is 16.2. The molecule has 0 radical (unpaired) electrons. The lowest BCUT2D eigenvalue weighted by Crippen LogP contribution is -2.45. The standard InChI is InChI=1S/C13H22N4O2/c14-11-4-1-8-5-17(6-10(8)11)7-12(18)16-13(19)15-9-2-3-9/h8-11H,1-7,14H2,(H2,15,16,18,19). The molecule has 19 heavy (non-hydrogen) atoms. The third-order valence-electron chi connectivity index (χ3n) is 4.52. The van der Waals surface area contributed by atoms with Crippen molar-refractivity contribution in [1.29, 1.82) is 0 Å². The van der Waals surface area contributed by atoms with E-state index in [0.717, 1.165) is 32.4 Å². The third kappa shape index (κ3) is 3.06. The zero-order valence-corrected chi connectivity index (χ0v) is 11.1. The summed E-state index contributed by atoms with van der Waals surface area (Å²) in [6, 6.07) is 0.205. The van der Waals surface area contributed by atoms with Crippen molar-refractivity contribution in [2.45, 2.75) is 37.8 Å². The summed E-state index contributed by atoms with van der Waals surface area (Å²) in [5.74, 6) is 0.961. The van der Waals surface area contributed by atoms with Crippen LogP contribution in [0.5, 0.6) is 0 Å². The van der Waals surface area contributed by atoms with Gasteiger partial charge < -0.3 is 11.1 Å². The monoisotopic (exact) mass is 266 g/mol. The number of carbonyl (C=O) groups is 2. The molecule has 3 aliphatic rings. The van der Waals surface area contributed by atoms with Gasteiger partial charge in [0.25, 0.3) is 0 Å². The second-order valence-electron chi connectivity index (χ2n) is 6.16. The Balaban J connectivity index is 1.41. The van der Waals surface area contributed by atoms with E-state index < -0.39 is 0 Å². The van der Waals surface area contributed by atoms with Gasteiger partial charge in [-0.25, -0.2) is 4.79 Å². The maximum atomic E-state index is 11.8. The number of nitrogens with one attached hydrogen (secondary N) is 2. The smallest absolute Gasteiger partial charge is 0.321 e. The van der Waals surface area contributed by atoms with Crippen LogP contribution in [0.4, 0.5) is 4.79 Å². The van der Waals surface area contributed by atoms with Crippen molar-refractivity contribution in [2.24, 2.45) is 17.6 Å². The van der Waals surface area contributed by atoms with Crippen LogP contribution in [0.1, 0.15) is 25.7 Å². The minimum atomic E-state index is -0.358. The third-order valence-corrected chi connectivity index (χ3v) is 4.52. The SMILES string of the molecule is NC1CCC2CN(CC(=O)NC(=O)NC3CC3)CC12. The number of urea groups is 1. The number of imide groups is 1. The van der Waals surface area contributed by atoms with E-state index in [-0.39, 0.29) is 24.0 Å². The Morgan fingerprint density at radius 2 is 1.95 bits per heavy atom. The summed E-state index contributed by atoms with van der Waals surface area (Å²) in [4.78, 5) is 25.3. The van der Waals surface area contributed by atoms with Gasteiger partial charge in [0.1, 0.15) is 0 Å². The number of likely N-dealkylation sites (tertiary alicyclic amines) is 1.